The number of nitrogens with zero attached hydrogens (tertiary/aromatic N) is 1. The van der Waals surface area contributed by atoms with Crippen LogP contribution >= 0.6 is 0 Å². The van der Waals surface area contributed by atoms with Crippen molar-refractivity contribution in [1.82, 2.24) is 20.9 Å². The average molecular weight is 529 g/mol. The number of rotatable bonds is 5. The first kappa shape index (κ1) is 26.6. The van der Waals surface area contributed by atoms with Gasteiger partial charge in [0.25, 0.3) is 0 Å². The predicted octanol–water partition coefficient (Wildman–Crippen LogP) is 2.82. The molecule has 4 saturated carbocycles. The molecule has 6 aliphatic rings. The smallest absolute Gasteiger partial charge is 0.331 e. The zero-order chi connectivity index (χ0) is 26.5. The van der Waals surface area contributed by atoms with Gasteiger partial charge < -0.3 is 25.8 Å². The van der Waals surface area contributed by atoms with Gasteiger partial charge in [-0.15, -0.1) is 0 Å². The Morgan fingerprint density at radius 3 is 2.68 bits per heavy atom. The lowest BCUT2D eigenvalue weighted by Gasteiger charge is -2.63. The molecule has 0 radical (unpaired) electrons. The van der Waals surface area contributed by atoms with Gasteiger partial charge in [0.1, 0.15) is 6.61 Å². The second-order valence-electron chi connectivity index (χ2n) is 13.8. The number of hydrogen-bond acceptors (Lipinski definition) is 6. The van der Waals surface area contributed by atoms with Gasteiger partial charge in [0.2, 0.25) is 0 Å². The summed E-state index contributed by atoms with van der Waals surface area (Å²) in [7, 11) is 0. The molecule has 0 bridgehead atoms. The number of amides is 2. The van der Waals surface area contributed by atoms with Crippen LogP contribution in [0.5, 0.6) is 0 Å². The Hall–Kier alpha value is -1.64. The summed E-state index contributed by atoms with van der Waals surface area (Å²) in [5, 5.41) is 22.1. The van der Waals surface area contributed by atoms with Crippen molar-refractivity contribution in [3.05, 3.63) is 11.6 Å². The van der Waals surface area contributed by atoms with Gasteiger partial charge in [-0.3, -0.25) is 4.90 Å². The summed E-state index contributed by atoms with van der Waals surface area (Å²) in [6, 6.07) is 0.217. The monoisotopic (exact) mass is 528 g/mol. The molecule has 38 heavy (non-hydrogen) atoms. The van der Waals surface area contributed by atoms with Crippen LogP contribution in [0.15, 0.2) is 11.6 Å². The molecule has 1 saturated heterocycles. The van der Waals surface area contributed by atoms with Gasteiger partial charge in [-0.1, -0.05) is 13.8 Å². The number of nitrogens with one attached hydrogen (secondary N) is 3. The minimum Gasteiger partial charge on any atom is -0.458 e. The summed E-state index contributed by atoms with van der Waals surface area (Å²) >= 11 is 0. The van der Waals surface area contributed by atoms with Crippen LogP contribution < -0.4 is 16.0 Å². The average Bonchev–Trinajstić information content (AvgIpc) is 3.44. The SMILES string of the molecule is C[C@]12CC[C@H](NC(=O)NCCN3CCNCC3)C[C@H]1CC[C@@H]1[C@@H]2CC[C@]2(C)[C@@H](C3=CC(=O)OC3)CC[C@]12O. The molecular weight excluding hydrogens is 480 g/mol. The minimum absolute atomic E-state index is 0.0224. The maximum Gasteiger partial charge on any atom is 0.331 e. The van der Waals surface area contributed by atoms with E-state index in [1.807, 2.05) is 0 Å². The van der Waals surface area contributed by atoms with Gasteiger partial charge in [0.05, 0.1) is 5.60 Å². The quantitative estimate of drug-likeness (QED) is 0.409. The number of esters is 1. The highest BCUT2D eigenvalue weighted by molar-refractivity contribution is 5.85. The van der Waals surface area contributed by atoms with E-state index >= 15 is 0 Å². The van der Waals surface area contributed by atoms with E-state index in [9.17, 15) is 14.7 Å². The first-order chi connectivity index (χ1) is 18.2. The molecule has 0 aromatic carbocycles. The molecule has 0 unspecified atom stereocenters. The molecule has 8 nitrogen and oxygen atoms in total. The highest BCUT2D eigenvalue weighted by atomic mass is 16.5. The van der Waals surface area contributed by atoms with E-state index in [2.05, 4.69) is 34.7 Å². The Morgan fingerprint density at radius 1 is 1.11 bits per heavy atom. The second kappa shape index (κ2) is 10.1. The molecule has 0 spiro atoms. The van der Waals surface area contributed by atoms with E-state index in [4.69, 9.17) is 4.74 Å². The zero-order valence-corrected chi connectivity index (χ0v) is 23.4. The third-order valence-corrected chi connectivity index (χ3v) is 12.2. The van der Waals surface area contributed by atoms with E-state index in [0.29, 0.717) is 30.9 Å². The lowest BCUT2D eigenvalue weighted by atomic mass is 9.43. The third-order valence-electron chi connectivity index (χ3n) is 12.2. The van der Waals surface area contributed by atoms with Crippen molar-refractivity contribution >= 4 is 12.0 Å². The Morgan fingerprint density at radius 2 is 1.92 bits per heavy atom. The van der Waals surface area contributed by atoms with Gasteiger partial charge in [-0.2, -0.15) is 0 Å². The van der Waals surface area contributed by atoms with Gasteiger partial charge in [-0.05, 0) is 92.4 Å². The highest BCUT2D eigenvalue weighted by Gasteiger charge is 2.67. The van der Waals surface area contributed by atoms with Crippen molar-refractivity contribution < 1.29 is 19.4 Å². The summed E-state index contributed by atoms with van der Waals surface area (Å²) in [4.78, 5) is 26.9. The van der Waals surface area contributed by atoms with Crippen LogP contribution in [0.4, 0.5) is 4.79 Å². The van der Waals surface area contributed by atoms with E-state index in [1.165, 1.54) is 0 Å². The van der Waals surface area contributed by atoms with Gasteiger partial charge in [0.15, 0.2) is 0 Å². The molecule has 2 heterocycles. The van der Waals surface area contributed by atoms with Crippen LogP contribution in [0.3, 0.4) is 0 Å². The molecule has 0 aromatic rings. The fraction of sp³-hybridized carbons (Fsp3) is 0.867. The summed E-state index contributed by atoms with van der Waals surface area (Å²) < 4.78 is 5.26. The van der Waals surface area contributed by atoms with Crippen LogP contribution in [0, 0.1) is 34.5 Å². The van der Waals surface area contributed by atoms with Gasteiger partial charge >= 0.3 is 12.0 Å². The molecule has 2 amide bonds. The first-order valence-corrected chi connectivity index (χ1v) is 15.3. The Kier molecular flexibility index (Phi) is 7.05. The Labute approximate surface area is 227 Å². The van der Waals surface area contributed by atoms with Crippen LogP contribution in [0.25, 0.3) is 0 Å². The number of aliphatic hydroxyl groups is 1. The van der Waals surface area contributed by atoms with Crippen molar-refractivity contribution in [2.45, 2.75) is 83.3 Å². The fourth-order valence-corrected chi connectivity index (χ4v) is 10.0. The minimum atomic E-state index is -0.666. The molecule has 5 fully saturated rings. The molecular formula is C30H48N4O4. The summed E-state index contributed by atoms with van der Waals surface area (Å²) in [5.74, 6) is 1.47. The van der Waals surface area contributed by atoms with E-state index < -0.39 is 5.60 Å². The van der Waals surface area contributed by atoms with Crippen LogP contribution in [0.2, 0.25) is 0 Å². The number of hydrogen-bond donors (Lipinski definition) is 4. The molecule has 8 atom stereocenters. The topological polar surface area (TPSA) is 103 Å². The van der Waals surface area contributed by atoms with Crippen molar-refractivity contribution in [2.75, 3.05) is 45.9 Å². The third kappa shape index (κ3) is 4.39. The van der Waals surface area contributed by atoms with Crippen molar-refractivity contribution in [1.29, 1.82) is 0 Å². The molecule has 6 rings (SSSR count). The number of ether oxygens (including phenoxy) is 1. The number of urea groups is 1. The van der Waals surface area contributed by atoms with E-state index in [0.717, 1.165) is 96.1 Å². The lowest BCUT2D eigenvalue weighted by molar-refractivity contribution is -0.204. The van der Waals surface area contributed by atoms with Crippen LogP contribution in [-0.4, -0.2) is 79.5 Å². The van der Waals surface area contributed by atoms with Gasteiger partial charge in [0, 0.05) is 56.8 Å². The van der Waals surface area contributed by atoms with Crippen LogP contribution in [0.1, 0.15) is 71.6 Å². The molecule has 4 aliphatic carbocycles. The summed E-state index contributed by atoms with van der Waals surface area (Å²) in [6.07, 6.45) is 11.0. The van der Waals surface area contributed by atoms with E-state index in [1.54, 1.807) is 6.08 Å². The van der Waals surface area contributed by atoms with E-state index in [-0.39, 0.29) is 34.8 Å². The van der Waals surface area contributed by atoms with Crippen LogP contribution in [-0.2, 0) is 9.53 Å². The standard InChI is InChI=1S/C30H48N4O4/c1-28-8-5-22(33-27(36)32-13-16-34-14-11-31-12-15-34)18-21(28)3-4-25-24(28)6-9-29(2)23(7-10-30(25,29)37)20-17-26(35)38-19-20/h17,21-25,31,37H,3-16,18-19H2,1-2H3,(H2,32,33,36)/t21-,22+,23-,24+,25-,28+,29-,30+/m1/s1. The largest absolute Gasteiger partial charge is 0.458 e. The fourth-order valence-electron chi connectivity index (χ4n) is 10.0. The maximum absolute atomic E-state index is 12.7. The van der Waals surface area contributed by atoms with Gasteiger partial charge in [-0.25, -0.2) is 9.59 Å². The second-order valence-corrected chi connectivity index (χ2v) is 13.8. The normalized spacial score (nSPS) is 44.9. The first-order valence-electron chi connectivity index (χ1n) is 15.3. The zero-order valence-electron chi connectivity index (χ0n) is 23.4. The van der Waals surface area contributed by atoms with Crippen molar-refractivity contribution in [3.8, 4) is 0 Å². The maximum atomic E-state index is 12.7. The number of fused-ring (bicyclic) bond motifs is 5. The highest BCUT2D eigenvalue weighted by Crippen LogP contribution is 2.69. The summed E-state index contributed by atoms with van der Waals surface area (Å²) in [5.41, 5.74) is 0.476. The number of carbonyl (C=O) groups is 2. The lowest BCUT2D eigenvalue weighted by Crippen LogP contribution is -2.63. The summed E-state index contributed by atoms with van der Waals surface area (Å²) in [6.45, 7) is 10.9. The molecule has 2 aliphatic heterocycles. The molecule has 0 aromatic heterocycles. The number of cyclic esters (lactones) is 1. The predicted molar refractivity (Wildman–Crippen MR) is 145 cm³/mol. The van der Waals surface area contributed by atoms with Crippen molar-refractivity contribution in [3.63, 3.8) is 0 Å². The molecule has 4 N–H and O–H groups in total. The Balaban J connectivity index is 1.06. The van der Waals surface area contributed by atoms with Crippen molar-refractivity contribution in [2.24, 2.45) is 34.5 Å². The Bertz CT molecular complexity index is 966. The molecule has 8 heteroatoms. The number of carbonyl (C=O) groups excluding carboxylic acids is 2. The molecule has 212 valence electrons. The number of piperazine rings is 1.